The number of para-hydroxylation sites is 1. The molecule has 0 aliphatic carbocycles. The minimum absolute atomic E-state index is 0.202. The van der Waals surface area contributed by atoms with Crippen LogP contribution in [0.2, 0.25) is 0 Å². The molecular weight excluding hydrogens is 400 g/mol. The summed E-state index contributed by atoms with van der Waals surface area (Å²) < 4.78 is 6.38. The van der Waals surface area contributed by atoms with Gasteiger partial charge in [0.2, 0.25) is 11.8 Å². The number of piperidine rings is 1. The number of anilines is 1. The largest absolute Gasteiger partial charge is 0.468 e. The molecule has 3 aromatic carbocycles. The molecule has 2 bridgehead atoms. The third-order valence-electron chi connectivity index (χ3n) is 6.54. The smallest absolute Gasteiger partial charge is 0.239 e. The number of amides is 2. The minimum Gasteiger partial charge on any atom is -0.468 e. The van der Waals surface area contributed by atoms with Gasteiger partial charge in [0.25, 0.3) is 0 Å². The highest BCUT2D eigenvalue weighted by atomic mass is 16.5. The Kier molecular flexibility index (Phi) is 4.97. The zero-order valence-electron chi connectivity index (χ0n) is 18.2. The molecule has 0 aromatic heterocycles. The number of aryl methyl sites for hydroxylation is 1. The predicted octanol–water partition coefficient (Wildman–Crippen LogP) is 4.87. The first-order valence-electron chi connectivity index (χ1n) is 11.0. The van der Waals surface area contributed by atoms with Crippen molar-refractivity contribution in [3.8, 4) is 5.75 Å². The van der Waals surface area contributed by atoms with E-state index in [2.05, 4.69) is 5.32 Å². The summed E-state index contributed by atoms with van der Waals surface area (Å²) in [6, 6.07) is 25.2. The van der Waals surface area contributed by atoms with Crippen LogP contribution in [0.15, 0.2) is 78.9 Å². The number of fused-ring (bicyclic) bond motifs is 4. The van der Waals surface area contributed by atoms with Gasteiger partial charge in [0.15, 0.2) is 5.72 Å². The molecule has 2 amide bonds. The third-order valence-corrected chi connectivity index (χ3v) is 6.54. The van der Waals surface area contributed by atoms with E-state index in [0.717, 1.165) is 22.4 Å². The summed E-state index contributed by atoms with van der Waals surface area (Å²) in [6.45, 7) is 4.34. The Morgan fingerprint density at radius 3 is 2.47 bits per heavy atom. The summed E-state index contributed by atoms with van der Waals surface area (Å²) in [5.74, 6) is -0.801. The standard InChI is InChI=1S/C27H26N2O3/c1-18-12-14-20(15-13-18)28-25(30)24-22-16-27(2,32-23-11-7-6-10-21(22)23)29(26(24)31)17-19-8-4-3-5-9-19/h3-15,22,24H,16-17H2,1-2H3,(H,28,30). The van der Waals surface area contributed by atoms with E-state index in [1.807, 2.05) is 92.7 Å². The van der Waals surface area contributed by atoms with Gasteiger partial charge in [-0.1, -0.05) is 66.2 Å². The number of nitrogens with one attached hydrogen (secondary N) is 1. The number of rotatable bonds is 4. The van der Waals surface area contributed by atoms with E-state index in [9.17, 15) is 9.59 Å². The van der Waals surface area contributed by atoms with Crippen molar-refractivity contribution in [3.63, 3.8) is 0 Å². The predicted molar refractivity (Wildman–Crippen MR) is 123 cm³/mol. The number of nitrogens with zero attached hydrogens (tertiary/aromatic N) is 1. The van der Waals surface area contributed by atoms with Crippen LogP contribution in [0.3, 0.4) is 0 Å². The molecular formula is C27H26N2O3. The zero-order chi connectivity index (χ0) is 22.3. The van der Waals surface area contributed by atoms with E-state index >= 15 is 0 Å². The third kappa shape index (κ3) is 3.54. The second kappa shape index (κ2) is 7.83. The maximum absolute atomic E-state index is 13.8. The molecule has 5 nitrogen and oxygen atoms in total. The lowest BCUT2D eigenvalue weighted by Gasteiger charge is -2.52. The van der Waals surface area contributed by atoms with Crippen LogP contribution < -0.4 is 10.1 Å². The van der Waals surface area contributed by atoms with Crippen LogP contribution in [0.25, 0.3) is 0 Å². The van der Waals surface area contributed by atoms with E-state index in [0.29, 0.717) is 18.7 Å². The lowest BCUT2D eigenvalue weighted by molar-refractivity contribution is -0.177. The summed E-state index contributed by atoms with van der Waals surface area (Å²) in [7, 11) is 0. The molecule has 3 unspecified atom stereocenters. The first kappa shape index (κ1) is 20.3. The monoisotopic (exact) mass is 426 g/mol. The van der Waals surface area contributed by atoms with Crippen LogP contribution in [0.1, 0.15) is 36.0 Å². The average molecular weight is 427 g/mol. The van der Waals surface area contributed by atoms with Gasteiger partial charge < -0.3 is 10.1 Å². The summed E-state index contributed by atoms with van der Waals surface area (Å²) >= 11 is 0. The number of carbonyl (C=O) groups excluding carboxylic acids is 2. The Balaban J connectivity index is 1.53. The minimum atomic E-state index is -0.821. The first-order valence-corrected chi connectivity index (χ1v) is 11.0. The van der Waals surface area contributed by atoms with Gasteiger partial charge in [0.1, 0.15) is 11.7 Å². The van der Waals surface area contributed by atoms with Gasteiger partial charge in [-0.3, -0.25) is 14.5 Å². The number of hydrogen-bond donors (Lipinski definition) is 1. The fourth-order valence-corrected chi connectivity index (χ4v) is 4.88. The lowest BCUT2D eigenvalue weighted by atomic mass is 9.73. The van der Waals surface area contributed by atoms with Crippen molar-refractivity contribution >= 4 is 17.5 Å². The number of carbonyl (C=O) groups is 2. The molecule has 2 aliphatic heterocycles. The second-order valence-electron chi connectivity index (χ2n) is 8.87. The molecule has 2 aliphatic rings. The molecule has 162 valence electrons. The van der Waals surface area contributed by atoms with Crippen LogP contribution in [0, 0.1) is 12.8 Å². The highest BCUT2D eigenvalue weighted by molar-refractivity contribution is 6.08. The van der Waals surface area contributed by atoms with E-state index in [1.165, 1.54) is 0 Å². The van der Waals surface area contributed by atoms with Crippen molar-refractivity contribution in [1.82, 2.24) is 4.90 Å². The van der Waals surface area contributed by atoms with Crippen molar-refractivity contribution in [3.05, 3.63) is 95.6 Å². The topological polar surface area (TPSA) is 58.6 Å². The zero-order valence-corrected chi connectivity index (χ0v) is 18.2. The van der Waals surface area contributed by atoms with Gasteiger partial charge in [0, 0.05) is 24.6 Å². The van der Waals surface area contributed by atoms with Crippen LogP contribution in [0.4, 0.5) is 5.69 Å². The Morgan fingerprint density at radius 1 is 1.03 bits per heavy atom. The van der Waals surface area contributed by atoms with Gasteiger partial charge in [-0.15, -0.1) is 0 Å². The van der Waals surface area contributed by atoms with Crippen molar-refractivity contribution in [2.45, 2.75) is 38.5 Å². The molecule has 3 aromatic rings. The van der Waals surface area contributed by atoms with Crippen LogP contribution >= 0.6 is 0 Å². The highest BCUT2D eigenvalue weighted by Crippen LogP contribution is 2.50. The van der Waals surface area contributed by atoms with E-state index in [-0.39, 0.29) is 17.7 Å². The van der Waals surface area contributed by atoms with Gasteiger partial charge in [-0.25, -0.2) is 0 Å². The molecule has 0 spiro atoms. The SMILES string of the molecule is Cc1ccc(NC(=O)C2C(=O)N(Cc3ccccc3)C3(C)CC2c2ccccc2O3)cc1. The maximum Gasteiger partial charge on any atom is 0.239 e. The summed E-state index contributed by atoms with van der Waals surface area (Å²) in [6.07, 6.45) is 0.564. The fourth-order valence-electron chi connectivity index (χ4n) is 4.88. The molecule has 0 saturated carbocycles. The van der Waals surface area contributed by atoms with Gasteiger partial charge in [-0.2, -0.15) is 0 Å². The van der Waals surface area contributed by atoms with Crippen molar-refractivity contribution < 1.29 is 14.3 Å². The molecule has 1 N–H and O–H groups in total. The first-order chi connectivity index (χ1) is 15.4. The normalized spacial score (nSPS) is 23.8. The highest BCUT2D eigenvalue weighted by Gasteiger charge is 2.56. The maximum atomic E-state index is 13.8. The average Bonchev–Trinajstić information content (AvgIpc) is 2.79. The van der Waals surface area contributed by atoms with Gasteiger partial charge in [0.05, 0.1) is 0 Å². The van der Waals surface area contributed by atoms with Crippen molar-refractivity contribution in [2.75, 3.05) is 5.32 Å². The Morgan fingerprint density at radius 2 is 1.72 bits per heavy atom. The number of benzene rings is 3. The molecule has 1 saturated heterocycles. The van der Waals surface area contributed by atoms with E-state index in [4.69, 9.17) is 4.74 Å². The Hall–Kier alpha value is -3.60. The van der Waals surface area contributed by atoms with E-state index in [1.54, 1.807) is 4.90 Å². The van der Waals surface area contributed by atoms with Gasteiger partial charge >= 0.3 is 0 Å². The fraction of sp³-hybridized carbons (Fsp3) is 0.259. The molecule has 5 heteroatoms. The van der Waals surface area contributed by atoms with E-state index < -0.39 is 11.6 Å². The summed E-state index contributed by atoms with van der Waals surface area (Å²) in [4.78, 5) is 29.0. The van der Waals surface area contributed by atoms with Crippen molar-refractivity contribution in [2.24, 2.45) is 5.92 Å². The quantitative estimate of drug-likeness (QED) is 0.605. The van der Waals surface area contributed by atoms with Crippen molar-refractivity contribution in [1.29, 1.82) is 0 Å². The summed E-state index contributed by atoms with van der Waals surface area (Å²) in [5, 5.41) is 2.97. The number of hydrogen-bond acceptors (Lipinski definition) is 3. The number of likely N-dealkylation sites (tertiary alicyclic amines) is 1. The molecule has 1 fully saturated rings. The Bertz CT molecular complexity index is 1160. The summed E-state index contributed by atoms with van der Waals surface area (Å²) in [5.41, 5.74) is 2.91. The van der Waals surface area contributed by atoms with Crippen LogP contribution in [0.5, 0.6) is 5.75 Å². The molecule has 5 rings (SSSR count). The van der Waals surface area contributed by atoms with Gasteiger partial charge in [-0.05, 0) is 43.2 Å². The molecule has 32 heavy (non-hydrogen) atoms. The lowest BCUT2D eigenvalue weighted by Crippen LogP contribution is -2.63. The van der Waals surface area contributed by atoms with Crippen LogP contribution in [-0.2, 0) is 16.1 Å². The second-order valence-corrected chi connectivity index (χ2v) is 8.87. The number of ether oxygens (including phenoxy) is 1. The molecule has 3 atom stereocenters. The molecule has 0 radical (unpaired) electrons. The Labute approximate surface area is 188 Å². The molecule has 2 heterocycles. The van der Waals surface area contributed by atoms with Crippen LogP contribution in [-0.4, -0.2) is 22.4 Å².